The van der Waals surface area contributed by atoms with Crippen LogP contribution in [-0.4, -0.2) is 31.5 Å². The van der Waals surface area contributed by atoms with Crippen molar-refractivity contribution in [3.63, 3.8) is 0 Å². The highest BCUT2D eigenvalue weighted by atomic mass is 16.7. The van der Waals surface area contributed by atoms with Crippen molar-refractivity contribution in [1.82, 2.24) is 5.43 Å². The number of hydrogen-bond acceptors (Lipinski definition) is 6. The summed E-state index contributed by atoms with van der Waals surface area (Å²) < 4.78 is 21.8. The summed E-state index contributed by atoms with van der Waals surface area (Å²) in [6, 6.07) is 5.71. The molecule has 1 aromatic carbocycles. The molecule has 114 valence electrons. The molecule has 7 heteroatoms. The van der Waals surface area contributed by atoms with Crippen molar-refractivity contribution in [2.24, 2.45) is 5.84 Å². The average molecular weight is 294 g/mol. The Labute approximate surface area is 122 Å². The molecule has 0 bridgehead atoms. The van der Waals surface area contributed by atoms with Crippen LogP contribution in [0.4, 0.5) is 0 Å². The van der Waals surface area contributed by atoms with Crippen LogP contribution < -0.4 is 20.7 Å². The number of ether oxygens (including phenoxy) is 4. The van der Waals surface area contributed by atoms with E-state index in [1.807, 2.05) is 18.2 Å². The third-order valence-electron chi connectivity index (χ3n) is 3.55. The van der Waals surface area contributed by atoms with Crippen molar-refractivity contribution < 1.29 is 23.7 Å². The molecule has 2 aliphatic heterocycles. The second kappa shape index (κ2) is 6.30. The van der Waals surface area contributed by atoms with E-state index in [1.165, 1.54) is 0 Å². The number of rotatable bonds is 5. The Hall–Kier alpha value is -1.83. The predicted octanol–water partition coefficient (Wildman–Crippen LogP) is 0.469. The van der Waals surface area contributed by atoms with Gasteiger partial charge < -0.3 is 18.9 Å². The van der Waals surface area contributed by atoms with E-state index in [0.29, 0.717) is 19.6 Å². The smallest absolute Gasteiger partial charge is 0.263 e. The van der Waals surface area contributed by atoms with Crippen molar-refractivity contribution in [2.75, 3.05) is 13.4 Å². The number of amides is 1. The van der Waals surface area contributed by atoms with Crippen molar-refractivity contribution >= 4 is 5.91 Å². The summed E-state index contributed by atoms with van der Waals surface area (Å²) in [5.41, 5.74) is 3.11. The Morgan fingerprint density at radius 2 is 2.19 bits per heavy atom. The zero-order valence-electron chi connectivity index (χ0n) is 11.5. The number of benzene rings is 1. The fourth-order valence-electron chi connectivity index (χ4n) is 2.45. The van der Waals surface area contributed by atoms with Gasteiger partial charge in [0.1, 0.15) is 6.10 Å². The third kappa shape index (κ3) is 3.26. The van der Waals surface area contributed by atoms with Crippen LogP contribution in [-0.2, 0) is 20.9 Å². The highest BCUT2D eigenvalue weighted by Crippen LogP contribution is 2.32. The van der Waals surface area contributed by atoms with Gasteiger partial charge in [0.05, 0.1) is 19.3 Å². The van der Waals surface area contributed by atoms with Crippen molar-refractivity contribution in [1.29, 1.82) is 0 Å². The lowest BCUT2D eigenvalue weighted by Gasteiger charge is -2.13. The van der Waals surface area contributed by atoms with Crippen LogP contribution in [0.2, 0.25) is 0 Å². The third-order valence-corrected chi connectivity index (χ3v) is 3.55. The zero-order chi connectivity index (χ0) is 14.7. The fourth-order valence-corrected chi connectivity index (χ4v) is 2.45. The quantitative estimate of drug-likeness (QED) is 0.466. The van der Waals surface area contributed by atoms with Gasteiger partial charge in [0, 0.05) is 0 Å². The minimum Gasteiger partial charge on any atom is -0.454 e. The molecular formula is C14H18N2O5. The van der Waals surface area contributed by atoms with Gasteiger partial charge in [-0.1, -0.05) is 6.07 Å². The van der Waals surface area contributed by atoms with Crippen LogP contribution in [0.25, 0.3) is 0 Å². The Bertz CT molecular complexity index is 522. The molecule has 1 aromatic rings. The molecule has 2 heterocycles. The van der Waals surface area contributed by atoms with Crippen LogP contribution in [0.5, 0.6) is 11.5 Å². The lowest BCUT2D eigenvalue weighted by Crippen LogP contribution is -2.39. The van der Waals surface area contributed by atoms with Crippen LogP contribution in [0, 0.1) is 0 Å². The minimum atomic E-state index is -0.464. The molecule has 3 N–H and O–H groups in total. The van der Waals surface area contributed by atoms with Gasteiger partial charge in [-0.05, 0) is 30.5 Å². The van der Waals surface area contributed by atoms with E-state index in [-0.39, 0.29) is 18.8 Å². The lowest BCUT2D eigenvalue weighted by atomic mass is 10.2. The zero-order valence-corrected chi connectivity index (χ0v) is 11.5. The monoisotopic (exact) mass is 294 g/mol. The van der Waals surface area contributed by atoms with E-state index in [1.54, 1.807) is 0 Å². The van der Waals surface area contributed by atoms with Crippen molar-refractivity contribution in [3.8, 4) is 11.5 Å². The molecule has 1 saturated heterocycles. The number of carbonyl (C=O) groups excluding carboxylic acids is 1. The molecule has 0 aromatic heterocycles. The number of carbonyl (C=O) groups is 1. The maximum Gasteiger partial charge on any atom is 0.263 e. The first-order valence-corrected chi connectivity index (χ1v) is 6.88. The first-order chi connectivity index (χ1) is 10.3. The van der Waals surface area contributed by atoms with Crippen LogP contribution in [0.15, 0.2) is 18.2 Å². The molecule has 21 heavy (non-hydrogen) atoms. The van der Waals surface area contributed by atoms with Gasteiger partial charge in [0.25, 0.3) is 5.91 Å². The fraction of sp³-hybridized carbons (Fsp3) is 0.500. The molecule has 2 aliphatic rings. The van der Waals surface area contributed by atoms with Gasteiger partial charge >= 0.3 is 0 Å². The van der Waals surface area contributed by atoms with Crippen molar-refractivity contribution in [2.45, 2.75) is 31.7 Å². The van der Waals surface area contributed by atoms with Gasteiger partial charge in [-0.3, -0.25) is 10.2 Å². The van der Waals surface area contributed by atoms with Gasteiger partial charge in [0.2, 0.25) is 6.79 Å². The maximum absolute atomic E-state index is 11.3. The van der Waals surface area contributed by atoms with Crippen LogP contribution in [0.3, 0.4) is 0 Å². The first kappa shape index (κ1) is 14.1. The summed E-state index contributed by atoms with van der Waals surface area (Å²) in [5, 5.41) is 0. The normalized spacial score (nSPS) is 23.3. The van der Waals surface area contributed by atoms with Crippen LogP contribution in [0.1, 0.15) is 18.4 Å². The second-order valence-corrected chi connectivity index (χ2v) is 5.04. The molecule has 2 atom stereocenters. The van der Waals surface area contributed by atoms with Crippen molar-refractivity contribution in [3.05, 3.63) is 23.8 Å². The van der Waals surface area contributed by atoms with Crippen LogP contribution >= 0.6 is 0 Å². The molecule has 3 rings (SSSR count). The average Bonchev–Trinajstić information content (AvgIpc) is 3.14. The summed E-state index contributed by atoms with van der Waals surface area (Å²) in [5.74, 6) is 6.30. The maximum atomic E-state index is 11.3. The Morgan fingerprint density at radius 3 is 3.05 bits per heavy atom. The summed E-state index contributed by atoms with van der Waals surface area (Å²) in [7, 11) is 0. The number of hydrogen-bond donors (Lipinski definition) is 2. The molecule has 2 unspecified atom stereocenters. The number of nitrogens with one attached hydrogen (secondary N) is 1. The lowest BCUT2D eigenvalue weighted by molar-refractivity contribution is -0.133. The minimum absolute atomic E-state index is 0.0682. The van der Waals surface area contributed by atoms with E-state index in [0.717, 1.165) is 23.5 Å². The standard InChI is InChI=1S/C14H18N2O5/c15-16-14(17)12-4-2-10(21-12)7-18-6-9-1-3-11-13(5-9)20-8-19-11/h1,3,5,10,12H,2,4,6-8,15H2,(H,16,17). The van der Waals surface area contributed by atoms with Gasteiger partial charge in [-0.25, -0.2) is 5.84 Å². The predicted molar refractivity (Wildman–Crippen MR) is 72.4 cm³/mol. The molecular weight excluding hydrogens is 276 g/mol. The SMILES string of the molecule is NNC(=O)C1CCC(COCc2ccc3c(c2)OCO3)O1. The first-order valence-electron chi connectivity index (χ1n) is 6.88. The summed E-state index contributed by atoms with van der Waals surface area (Å²) >= 11 is 0. The van der Waals surface area contributed by atoms with E-state index in [4.69, 9.17) is 24.8 Å². The second-order valence-electron chi connectivity index (χ2n) is 5.04. The number of fused-ring (bicyclic) bond motifs is 1. The van der Waals surface area contributed by atoms with E-state index in [9.17, 15) is 4.79 Å². The molecule has 1 amide bonds. The molecule has 0 saturated carbocycles. The highest BCUT2D eigenvalue weighted by molar-refractivity contribution is 5.80. The Kier molecular flexibility index (Phi) is 4.23. The topological polar surface area (TPSA) is 92.0 Å². The Morgan fingerprint density at radius 1 is 1.33 bits per heavy atom. The largest absolute Gasteiger partial charge is 0.454 e. The summed E-state index contributed by atoms with van der Waals surface area (Å²) in [6.07, 6.45) is 0.927. The molecule has 0 spiro atoms. The number of hydrazine groups is 1. The summed E-state index contributed by atoms with van der Waals surface area (Å²) in [4.78, 5) is 11.3. The molecule has 0 radical (unpaired) electrons. The molecule has 1 fully saturated rings. The van der Waals surface area contributed by atoms with Gasteiger partial charge in [-0.2, -0.15) is 0 Å². The highest BCUT2D eigenvalue weighted by Gasteiger charge is 2.30. The van der Waals surface area contributed by atoms with Gasteiger partial charge in [-0.15, -0.1) is 0 Å². The molecule has 0 aliphatic carbocycles. The van der Waals surface area contributed by atoms with E-state index >= 15 is 0 Å². The van der Waals surface area contributed by atoms with E-state index < -0.39 is 6.10 Å². The van der Waals surface area contributed by atoms with E-state index in [2.05, 4.69) is 5.43 Å². The summed E-state index contributed by atoms with van der Waals surface area (Å²) in [6.45, 7) is 1.17. The van der Waals surface area contributed by atoms with Gasteiger partial charge in [0.15, 0.2) is 11.5 Å². The number of nitrogens with two attached hydrogens (primary N) is 1. The Balaban J connectivity index is 1.43. The molecule has 7 nitrogen and oxygen atoms in total.